The Morgan fingerprint density at radius 2 is 1.74 bits per heavy atom. The van der Waals surface area contributed by atoms with Gasteiger partial charge >= 0.3 is 0 Å². The van der Waals surface area contributed by atoms with Gasteiger partial charge in [0.25, 0.3) is 0 Å². The molecule has 0 radical (unpaired) electrons. The summed E-state index contributed by atoms with van der Waals surface area (Å²) >= 11 is 3.75. The molecule has 3 aromatic rings. The van der Waals surface area contributed by atoms with Crippen LogP contribution in [0, 0.1) is 6.92 Å². The maximum Gasteiger partial charge on any atom is 0.0972 e. The minimum absolute atomic E-state index is 0.944. The molecule has 1 heterocycles. The van der Waals surface area contributed by atoms with E-state index in [2.05, 4.69) is 66.9 Å². The molecule has 23 heavy (non-hydrogen) atoms. The summed E-state index contributed by atoms with van der Waals surface area (Å²) in [6.07, 6.45) is 2.07. The summed E-state index contributed by atoms with van der Waals surface area (Å²) in [6, 6.07) is 19.4. The molecule has 3 rings (SSSR count). The van der Waals surface area contributed by atoms with Crippen molar-refractivity contribution in [3.8, 4) is 0 Å². The van der Waals surface area contributed by atoms with Crippen molar-refractivity contribution in [1.82, 2.24) is 4.98 Å². The van der Waals surface area contributed by atoms with Gasteiger partial charge in [0, 0.05) is 17.6 Å². The molecule has 0 amide bonds. The van der Waals surface area contributed by atoms with Crippen LogP contribution in [0.5, 0.6) is 0 Å². The Morgan fingerprint density at radius 3 is 2.52 bits per heavy atom. The average Bonchev–Trinajstić information content (AvgIpc) is 3.02. The molecule has 0 fully saturated rings. The molecule has 0 bridgehead atoms. The van der Waals surface area contributed by atoms with Crippen LogP contribution in [0.25, 0.3) is 0 Å². The number of nitrogens with zero attached hydrogens (tertiary/aromatic N) is 1. The smallest absolute Gasteiger partial charge is 0.0972 e. The Hall–Kier alpha value is -1.58. The molecule has 0 unspecified atom stereocenters. The lowest BCUT2D eigenvalue weighted by molar-refractivity contribution is 1.09. The Morgan fingerprint density at radius 1 is 0.957 bits per heavy atom. The molecule has 118 valence electrons. The van der Waals surface area contributed by atoms with Crippen LogP contribution in [0.3, 0.4) is 0 Å². The number of hydrogen-bond acceptors (Lipinski definition) is 3. The Bertz CT molecular complexity index is 717. The van der Waals surface area contributed by atoms with E-state index in [4.69, 9.17) is 4.98 Å². The van der Waals surface area contributed by atoms with Crippen LogP contribution in [-0.2, 0) is 18.6 Å². The number of hydrogen-bond donors (Lipinski definition) is 0. The van der Waals surface area contributed by atoms with Gasteiger partial charge in [-0.2, -0.15) is 11.8 Å². The summed E-state index contributed by atoms with van der Waals surface area (Å²) < 4.78 is 0. The Kier molecular flexibility index (Phi) is 5.89. The Balaban J connectivity index is 1.45. The maximum absolute atomic E-state index is 4.77. The molecule has 0 aliphatic rings. The second-order valence-corrected chi connectivity index (χ2v) is 7.73. The largest absolute Gasteiger partial charge is 0.245 e. The monoisotopic (exact) mass is 339 g/mol. The normalized spacial score (nSPS) is 10.8. The molecule has 0 saturated heterocycles. The summed E-state index contributed by atoms with van der Waals surface area (Å²) in [5, 5.41) is 3.42. The number of aryl methyl sites for hydroxylation is 2. The fourth-order valence-electron chi connectivity index (χ4n) is 2.39. The molecule has 0 aliphatic heterocycles. The summed E-state index contributed by atoms with van der Waals surface area (Å²) in [6.45, 7) is 2.12. The second-order valence-electron chi connectivity index (χ2n) is 5.68. The average molecular weight is 340 g/mol. The molecular formula is C20H21NS2. The van der Waals surface area contributed by atoms with Crippen molar-refractivity contribution in [2.45, 2.75) is 25.5 Å². The highest BCUT2D eigenvalue weighted by Crippen LogP contribution is 2.19. The van der Waals surface area contributed by atoms with E-state index in [1.807, 2.05) is 11.8 Å². The number of thioether (sulfide) groups is 1. The van der Waals surface area contributed by atoms with E-state index in [-0.39, 0.29) is 0 Å². The fourth-order valence-corrected chi connectivity index (χ4v) is 4.20. The van der Waals surface area contributed by atoms with Crippen molar-refractivity contribution >= 4 is 23.1 Å². The SMILES string of the molecule is Cc1ccc(Cc2nc(CSCCc3ccccc3)cs2)cc1. The first-order valence-electron chi connectivity index (χ1n) is 7.90. The quantitative estimate of drug-likeness (QED) is 0.526. The van der Waals surface area contributed by atoms with Gasteiger partial charge in [0.05, 0.1) is 10.7 Å². The van der Waals surface area contributed by atoms with Crippen LogP contribution in [-0.4, -0.2) is 10.7 Å². The van der Waals surface area contributed by atoms with Gasteiger partial charge in [0.2, 0.25) is 0 Å². The standard InChI is InChI=1S/C20H21NS2/c1-16-7-9-18(10-8-16)13-20-21-19(15-23-20)14-22-12-11-17-5-3-2-4-6-17/h2-10,15H,11-14H2,1H3. The predicted molar refractivity (Wildman–Crippen MR) is 102 cm³/mol. The topological polar surface area (TPSA) is 12.9 Å². The van der Waals surface area contributed by atoms with Gasteiger partial charge in [-0.3, -0.25) is 0 Å². The van der Waals surface area contributed by atoms with Gasteiger partial charge < -0.3 is 0 Å². The predicted octanol–water partition coefficient (Wildman–Crippen LogP) is 5.52. The molecule has 2 aromatic carbocycles. The number of rotatable bonds is 7. The molecule has 0 saturated carbocycles. The lowest BCUT2D eigenvalue weighted by atomic mass is 10.1. The third kappa shape index (κ3) is 5.22. The van der Waals surface area contributed by atoms with E-state index in [1.165, 1.54) is 27.4 Å². The van der Waals surface area contributed by atoms with Crippen molar-refractivity contribution in [2.24, 2.45) is 0 Å². The molecule has 0 N–H and O–H groups in total. The fraction of sp³-hybridized carbons (Fsp3) is 0.250. The summed E-state index contributed by atoms with van der Waals surface area (Å²) in [4.78, 5) is 4.77. The summed E-state index contributed by atoms with van der Waals surface area (Å²) in [7, 11) is 0. The van der Waals surface area contributed by atoms with Crippen LogP contribution in [0.15, 0.2) is 60.0 Å². The van der Waals surface area contributed by atoms with Crippen LogP contribution < -0.4 is 0 Å². The van der Waals surface area contributed by atoms with Gasteiger partial charge in [0.15, 0.2) is 0 Å². The van der Waals surface area contributed by atoms with Gasteiger partial charge in [0.1, 0.15) is 0 Å². The highest BCUT2D eigenvalue weighted by atomic mass is 32.2. The zero-order valence-electron chi connectivity index (χ0n) is 13.4. The molecule has 3 heteroatoms. The molecule has 0 spiro atoms. The van der Waals surface area contributed by atoms with Gasteiger partial charge in [-0.15, -0.1) is 11.3 Å². The van der Waals surface area contributed by atoms with E-state index in [0.29, 0.717) is 0 Å². The van der Waals surface area contributed by atoms with E-state index < -0.39 is 0 Å². The minimum atomic E-state index is 0.944. The first-order valence-corrected chi connectivity index (χ1v) is 9.93. The lowest BCUT2D eigenvalue weighted by Gasteiger charge is -2.01. The van der Waals surface area contributed by atoms with Crippen molar-refractivity contribution in [1.29, 1.82) is 0 Å². The number of aromatic nitrogens is 1. The van der Waals surface area contributed by atoms with E-state index in [0.717, 1.165) is 24.3 Å². The third-order valence-corrected chi connectivity index (χ3v) is 5.59. The second kappa shape index (κ2) is 8.32. The Labute approximate surface area is 146 Å². The molecule has 1 aromatic heterocycles. The van der Waals surface area contributed by atoms with Crippen LogP contribution in [0.4, 0.5) is 0 Å². The van der Waals surface area contributed by atoms with Crippen LogP contribution >= 0.6 is 23.1 Å². The molecule has 1 nitrogen and oxygen atoms in total. The van der Waals surface area contributed by atoms with Gasteiger partial charge in [-0.25, -0.2) is 4.98 Å². The lowest BCUT2D eigenvalue weighted by Crippen LogP contribution is -1.91. The number of benzene rings is 2. The molecular weight excluding hydrogens is 318 g/mol. The van der Waals surface area contributed by atoms with Crippen molar-refractivity contribution in [3.05, 3.63) is 87.4 Å². The molecule has 0 aliphatic carbocycles. The first kappa shape index (κ1) is 16.3. The van der Waals surface area contributed by atoms with E-state index >= 15 is 0 Å². The van der Waals surface area contributed by atoms with Crippen molar-refractivity contribution in [2.75, 3.05) is 5.75 Å². The minimum Gasteiger partial charge on any atom is -0.245 e. The van der Waals surface area contributed by atoms with Gasteiger partial charge in [-0.05, 0) is 30.2 Å². The van der Waals surface area contributed by atoms with E-state index in [1.54, 1.807) is 11.3 Å². The maximum atomic E-state index is 4.77. The first-order chi connectivity index (χ1) is 11.3. The molecule has 0 atom stereocenters. The summed E-state index contributed by atoms with van der Waals surface area (Å²) in [5.74, 6) is 2.16. The van der Waals surface area contributed by atoms with Crippen molar-refractivity contribution < 1.29 is 0 Å². The third-order valence-electron chi connectivity index (χ3n) is 3.70. The van der Waals surface area contributed by atoms with Crippen molar-refractivity contribution in [3.63, 3.8) is 0 Å². The zero-order chi connectivity index (χ0) is 15.9. The van der Waals surface area contributed by atoms with Crippen LogP contribution in [0.2, 0.25) is 0 Å². The highest BCUT2D eigenvalue weighted by molar-refractivity contribution is 7.98. The van der Waals surface area contributed by atoms with Crippen LogP contribution in [0.1, 0.15) is 27.4 Å². The number of thiazole rings is 1. The highest BCUT2D eigenvalue weighted by Gasteiger charge is 2.04. The van der Waals surface area contributed by atoms with E-state index in [9.17, 15) is 0 Å². The zero-order valence-corrected chi connectivity index (χ0v) is 15.0. The summed E-state index contributed by atoms with van der Waals surface area (Å²) in [5.41, 5.74) is 5.28. The van der Waals surface area contributed by atoms with Gasteiger partial charge in [-0.1, -0.05) is 60.2 Å².